The lowest BCUT2D eigenvalue weighted by atomic mass is 10.0. The van der Waals surface area contributed by atoms with Gasteiger partial charge in [-0.25, -0.2) is 0 Å². The van der Waals surface area contributed by atoms with Crippen molar-refractivity contribution >= 4 is 7.60 Å². The predicted octanol–water partition coefficient (Wildman–Crippen LogP) is 1.62. The van der Waals surface area contributed by atoms with Crippen molar-refractivity contribution in [2.24, 2.45) is 5.73 Å². The minimum absolute atomic E-state index is 0.0854. The van der Waals surface area contributed by atoms with E-state index in [4.69, 9.17) is 15.5 Å². The van der Waals surface area contributed by atoms with E-state index < -0.39 is 13.1 Å². The molecule has 0 rings (SSSR count). The second kappa shape index (κ2) is 5.62. The van der Waals surface area contributed by atoms with E-state index in [1.807, 2.05) is 13.0 Å². The van der Waals surface area contributed by atoms with Crippen molar-refractivity contribution in [3.63, 3.8) is 0 Å². The molecule has 0 saturated carbocycles. The van der Waals surface area contributed by atoms with Crippen LogP contribution < -0.4 is 5.73 Å². The Morgan fingerprint density at radius 3 is 2.67 bits per heavy atom. The van der Waals surface area contributed by atoms with Crippen molar-refractivity contribution in [3.05, 3.63) is 0 Å². The zero-order chi connectivity index (χ0) is 12.1. The fourth-order valence-electron chi connectivity index (χ4n) is 0.838. The van der Waals surface area contributed by atoms with Gasteiger partial charge in [-0.1, -0.05) is 6.92 Å². The minimum atomic E-state index is -3.61. The van der Waals surface area contributed by atoms with Crippen LogP contribution in [0.4, 0.5) is 0 Å². The zero-order valence-corrected chi connectivity index (χ0v) is 10.3. The average molecular weight is 234 g/mol. The Balaban J connectivity index is 4.18. The molecule has 6 heteroatoms. The maximum Gasteiger partial charge on any atom is 0.328 e. The number of nitrogens with two attached hydrogens (primary N) is 1. The summed E-state index contributed by atoms with van der Waals surface area (Å²) >= 11 is 0. The van der Waals surface area contributed by atoms with E-state index in [2.05, 4.69) is 0 Å². The molecule has 0 fully saturated rings. The van der Waals surface area contributed by atoms with E-state index in [0.717, 1.165) is 0 Å². The molecule has 0 aliphatic heterocycles. The molecule has 3 unspecified atom stereocenters. The zero-order valence-electron chi connectivity index (χ0n) is 9.43. The Hall–Kier alpha value is -0.400. The van der Waals surface area contributed by atoms with Crippen molar-refractivity contribution in [1.82, 2.24) is 0 Å². The Bertz CT molecular complexity index is 286. The summed E-state index contributed by atoms with van der Waals surface area (Å²) in [7, 11) is -3.61. The molecular formula is C9H19N2O3P. The summed E-state index contributed by atoms with van der Waals surface area (Å²) in [6, 6.07) is 1.87. The van der Waals surface area contributed by atoms with Crippen LogP contribution in [-0.2, 0) is 9.09 Å². The SMILES string of the molecule is CCC(C)OP(=O)(O)CCC(C)(N)C#N. The quantitative estimate of drug-likeness (QED) is 0.680. The summed E-state index contributed by atoms with van der Waals surface area (Å²) < 4.78 is 16.5. The lowest BCUT2D eigenvalue weighted by molar-refractivity contribution is 0.184. The molecule has 0 aliphatic rings. The third-order valence-corrected chi connectivity index (χ3v) is 3.57. The second-order valence-electron chi connectivity index (χ2n) is 3.96. The molecule has 15 heavy (non-hydrogen) atoms. The molecule has 0 spiro atoms. The monoisotopic (exact) mass is 234 g/mol. The van der Waals surface area contributed by atoms with E-state index >= 15 is 0 Å². The summed E-state index contributed by atoms with van der Waals surface area (Å²) in [6.45, 7) is 5.12. The van der Waals surface area contributed by atoms with E-state index in [9.17, 15) is 9.46 Å². The van der Waals surface area contributed by atoms with E-state index in [0.29, 0.717) is 6.42 Å². The average Bonchev–Trinajstić information content (AvgIpc) is 2.14. The van der Waals surface area contributed by atoms with E-state index in [-0.39, 0.29) is 18.7 Å². The smallest absolute Gasteiger partial charge is 0.324 e. The summed E-state index contributed by atoms with van der Waals surface area (Å²) in [5.74, 6) is 0. The van der Waals surface area contributed by atoms with Crippen LogP contribution in [0.25, 0.3) is 0 Å². The van der Waals surface area contributed by atoms with Gasteiger partial charge in [0, 0.05) is 0 Å². The number of hydrogen-bond acceptors (Lipinski definition) is 4. The van der Waals surface area contributed by atoms with Crippen LogP contribution in [0.1, 0.15) is 33.6 Å². The van der Waals surface area contributed by atoms with Crippen LogP contribution in [0.3, 0.4) is 0 Å². The second-order valence-corrected chi connectivity index (χ2v) is 5.90. The van der Waals surface area contributed by atoms with Gasteiger partial charge in [0.05, 0.1) is 18.3 Å². The number of nitrogens with zero attached hydrogens (tertiary/aromatic N) is 1. The fraction of sp³-hybridized carbons (Fsp3) is 0.889. The van der Waals surface area contributed by atoms with Gasteiger partial charge < -0.3 is 15.2 Å². The highest BCUT2D eigenvalue weighted by Gasteiger charge is 2.27. The van der Waals surface area contributed by atoms with Gasteiger partial charge in [0.1, 0.15) is 5.54 Å². The molecule has 0 aromatic rings. The third kappa shape index (κ3) is 6.64. The van der Waals surface area contributed by atoms with Crippen molar-refractivity contribution in [3.8, 4) is 6.07 Å². The van der Waals surface area contributed by atoms with Crippen LogP contribution in [0.5, 0.6) is 0 Å². The van der Waals surface area contributed by atoms with Crippen LogP contribution in [0, 0.1) is 11.3 Å². The van der Waals surface area contributed by atoms with Gasteiger partial charge in [-0.15, -0.1) is 0 Å². The highest BCUT2D eigenvalue weighted by atomic mass is 31.2. The highest BCUT2D eigenvalue weighted by Crippen LogP contribution is 2.45. The van der Waals surface area contributed by atoms with Crippen LogP contribution >= 0.6 is 7.60 Å². The molecule has 0 radical (unpaired) electrons. The summed E-state index contributed by atoms with van der Waals surface area (Å²) in [5, 5.41) is 8.63. The molecular weight excluding hydrogens is 215 g/mol. The molecule has 0 aromatic carbocycles. The van der Waals surface area contributed by atoms with Crippen molar-refractivity contribution in [2.75, 3.05) is 6.16 Å². The molecule has 0 aromatic heterocycles. The summed E-state index contributed by atoms with van der Waals surface area (Å²) in [4.78, 5) is 9.44. The van der Waals surface area contributed by atoms with Gasteiger partial charge in [-0.3, -0.25) is 4.57 Å². The normalized spacial score (nSPS) is 21.1. The van der Waals surface area contributed by atoms with Crippen molar-refractivity contribution in [2.45, 2.75) is 45.3 Å². The van der Waals surface area contributed by atoms with E-state index in [1.54, 1.807) is 6.92 Å². The Morgan fingerprint density at radius 1 is 1.73 bits per heavy atom. The Kier molecular flexibility index (Phi) is 5.47. The lowest BCUT2D eigenvalue weighted by Gasteiger charge is -2.20. The molecule has 0 aliphatic carbocycles. The Morgan fingerprint density at radius 2 is 2.27 bits per heavy atom. The third-order valence-electron chi connectivity index (χ3n) is 2.09. The fourth-order valence-corrected chi connectivity index (χ4v) is 2.40. The van der Waals surface area contributed by atoms with Gasteiger partial charge in [-0.05, 0) is 26.7 Å². The van der Waals surface area contributed by atoms with Crippen molar-refractivity contribution in [1.29, 1.82) is 5.26 Å². The van der Waals surface area contributed by atoms with Gasteiger partial charge in [0.15, 0.2) is 0 Å². The first kappa shape index (κ1) is 14.6. The largest absolute Gasteiger partial charge is 0.328 e. The number of hydrogen-bond donors (Lipinski definition) is 2. The molecule has 0 heterocycles. The van der Waals surface area contributed by atoms with Crippen molar-refractivity contribution < 1.29 is 14.0 Å². The van der Waals surface area contributed by atoms with Gasteiger partial charge >= 0.3 is 7.60 Å². The minimum Gasteiger partial charge on any atom is -0.324 e. The maximum atomic E-state index is 11.5. The first-order valence-electron chi connectivity index (χ1n) is 4.93. The van der Waals surface area contributed by atoms with Crippen LogP contribution in [0.15, 0.2) is 0 Å². The first-order chi connectivity index (χ1) is 6.72. The molecule has 3 atom stereocenters. The summed E-state index contributed by atoms with van der Waals surface area (Å²) in [6.07, 6.45) is 0.473. The molecule has 0 bridgehead atoms. The maximum absolute atomic E-state index is 11.5. The molecule has 88 valence electrons. The van der Waals surface area contributed by atoms with Crippen LogP contribution in [-0.4, -0.2) is 22.7 Å². The lowest BCUT2D eigenvalue weighted by Crippen LogP contribution is -2.35. The number of nitriles is 1. The Labute approximate surface area is 90.8 Å². The molecule has 3 N–H and O–H groups in total. The van der Waals surface area contributed by atoms with E-state index in [1.165, 1.54) is 6.92 Å². The molecule has 0 amide bonds. The van der Waals surface area contributed by atoms with Gasteiger partial charge in [0.2, 0.25) is 0 Å². The highest BCUT2D eigenvalue weighted by molar-refractivity contribution is 7.52. The number of rotatable bonds is 6. The molecule has 5 nitrogen and oxygen atoms in total. The first-order valence-corrected chi connectivity index (χ1v) is 6.69. The summed E-state index contributed by atoms with van der Waals surface area (Å²) in [5.41, 5.74) is 4.47. The molecule has 0 saturated heterocycles. The topological polar surface area (TPSA) is 96.3 Å². The van der Waals surface area contributed by atoms with Crippen LogP contribution in [0.2, 0.25) is 0 Å². The standard InChI is InChI=1S/C9H19N2O3P/c1-4-8(2)14-15(12,13)6-5-9(3,11)7-10/h8H,4-6,11H2,1-3H3,(H,12,13). The van der Waals surface area contributed by atoms with Gasteiger partial charge in [-0.2, -0.15) is 5.26 Å². The predicted molar refractivity (Wildman–Crippen MR) is 58.4 cm³/mol. The van der Waals surface area contributed by atoms with Gasteiger partial charge in [0.25, 0.3) is 0 Å².